The van der Waals surface area contributed by atoms with Crippen LogP contribution in [0.25, 0.3) is 88.4 Å². The molecule has 0 unspecified atom stereocenters. The van der Waals surface area contributed by atoms with Gasteiger partial charge in [0.2, 0.25) is 0 Å². The SMILES string of the molecule is c1ccc(-n2ccc3cc4c(cc32)c2ccccc2n4-c2ccc(-c3nc(-c4ccc5ccccc5c4)c4ccccc4n3)cc2)cc1. The highest BCUT2D eigenvalue weighted by Crippen LogP contribution is 2.37. The third-order valence-corrected chi connectivity index (χ3v) is 9.53. The van der Waals surface area contributed by atoms with Gasteiger partial charge in [0.05, 0.1) is 27.8 Å². The third kappa shape index (κ3) is 4.16. The van der Waals surface area contributed by atoms with Crippen LogP contribution >= 0.6 is 0 Å². The van der Waals surface area contributed by atoms with Crippen LogP contribution in [0, 0.1) is 0 Å². The van der Waals surface area contributed by atoms with Crippen LogP contribution in [0.1, 0.15) is 0 Å². The molecule has 7 aromatic carbocycles. The summed E-state index contributed by atoms with van der Waals surface area (Å²) in [6.45, 7) is 0. The van der Waals surface area contributed by atoms with E-state index < -0.39 is 0 Å². The van der Waals surface area contributed by atoms with E-state index in [1.165, 1.54) is 43.5 Å². The fourth-order valence-corrected chi connectivity index (χ4v) is 7.21. The van der Waals surface area contributed by atoms with Crippen molar-refractivity contribution in [3.63, 3.8) is 0 Å². The quantitative estimate of drug-likeness (QED) is 0.198. The zero-order valence-electron chi connectivity index (χ0n) is 26.0. The van der Waals surface area contributed by atoms with Crippen molar-refractivity contribution in [2.24, 2.45) is 0 Å². The molecule has 0 amide bonds. The molecule has 10 rings (SSSR count). The van der Waals surface area contributed by atoms with Crippen molar-refractivity contribution in [3.8, 4) is 34.0 Å². The van der Waals surface area contributed by atoms with Crippen LogP contribution in [0.2, 0.25) is 0 Å². The highest BCUT2D eigenvalue weighted by atomic mass is 15.0. The lowest BCUT2D eigenvalue weighted by atomic mass is 10.0. The summed E-state index contributed by atoms with van der Waals surface area (Å²) in [4.78, 5) is 10.2. The van der Waals surface area contributed by atoms with Gasteiger partial charge in [0.25, 0.3) is 0 Å². The van der Waals surface area contributed by atoms with Gasteiger partial charge in [-0.25, -0.2) is 9.97 Å². The predicted octanol–water partition coefficient (Wildman–Crippen LogP) is 11.2. The molecule has 4 nitrogen and oxygen atoms in total. The van der Waals surface area contributed by atoms with E-state index >= 15 is 0 Å². The van der Waals surface area contributed by atoms with Crippen LogP contribution < -0.4 is 0 Å². The van der Waals surface area contributed by atoms with Gasteiger partial charge in [-0.2, -0.15) is 0 Å². The molecule has 48 heavy (non-hydrogen) atoms. The summed E-state index contributed by atoms with van der Waals surface area (Å²) in [5.74, 6) is 0.717. The molecule has 0 aliphatic heterocycles. The van der Waals surface area contributed by atoms with Gasteiger partial charge in [0.15, 0.2) is 5.82 Å². The zero-order chi connectivity index (χ0) is 31.6. The Morgan fingerprint density at radius 2 is 1.12 bits per heavy atom. The first-order valence-electron chi connectivity index (χ1n) is 16.2. The summed E-state index contributed by atoms with van der Waals surface area (Å²) >= 11 is 0. The highest BCUT2D eigenvalue weighted by molar-refractivity contribution is 6.13. The van der Waals surface area contributed by atoms with Crippen LogP contribution in [0.5, 0.6) is 0 Å². The smallest absolute Gasteiger partial charge is 0.160 e. The number of para-hydroxylation sites is 3. The maximum absolute atomic E-state index is 5.18. The summed E-state index contributed by atoms with van der Waals surface area (Å²) in [7, 11) is 0. The first kappa shape index (κ1) is 26.7. The van der Waals surface area contributed by atoms with E-state index in [1.54, 1.807) is 0 Å². The summed E-state index contributed by atoms with van der Waals surface area (Å²) in [6.07, 6.45) is 2.16. The Morgan fingerprint density at radius 1 is 0.396 bits per heavy atom. The number of hydrogen-bond acceptors (Lipinski definition) is 2. The average Bonchev–Trinajstić information content (AvgIpc) is 3.72. The number of fused-ring (bicyclic) bond motifs is 6. The van der Waals surface area contributed by atoms with Crippen LogP contribution in [-0.4, -0.2) is 19.1 Å². The molecule has 3 heterocycles. The normalized spacial score (nSPS) is 11.8. The number of aromatic nitrogens is 4. The van der Waals surface area contributed by atoms with Crippen molar-refractivity contribution in [2.45, 2.75) is 0 Å². The molecule has 0 bridgehead atoms. The first-order chi connectivity index (χ1) is 23.8. The minimum absolute atomic E-state index is 0.717. The highest BCUT2D eigenvalue weighted by Gasteiger charge is 2.16. The van der Waals surface area contributed by atoms with Crippen LogP contribution in [-0.2, 0) is 0 Å². The molecule has 0 aliphatic rings. The number of nitrogens with zero attached hydrogens (tertiary/aromatic N) is 4. The van der Waals surface area contributed by atoms with Crippen molar-refractivity contribution in [3.05, 3.63) is 170 Å². The Labute approximate surface area is 276 Å². The van der Waals surface area contributed by atoms with E-state index in [0.29, 0.717) is 0 Å². The van der Waals surface area contributed by atoms with Crippen molar-refractivity contribution >= 4 is 54.4 Å². The van der Waals surface area contributed by atoms with Gasteiger partial charge in [-0.1, -0.05) is 91.0 Å². The average molecular weight is 613 g/mol. The molecule has 0 saturated heterocycles. The molecule has 0 saturated carbocycles. The van der Waals surface area contributed by atoms with E-state index in [4.69, 9.17) is 9.97 Å². The fourth-order valence-electron chi connectivity index (χ4n) is 7.21. The minimum atomic E-state index is 0.717. The zero-order valence-corrected chi connectivity index (χ0v) is 26.0. The second kappa shape index (κ2) is 10.5. The lowest BCUT2D eigenvalue weighted by Gasteiger charge is -2.12. The van der Waals surface area contributed by atoms with Gasteiger partial charge in [-0.15, -0.1) is 0 Å². The standard InChI is InChI=1S/C44H28N4/c1-2-12-34(13-3-1)47-25-24-32-27-42-38(28-41(32)47)36-14-7-9-17-40(36)48(42)35-22-20-30(21-23-35)44-45-39-16-8-6-15-37(39)43(46-44)33-19-18-29-10-4-5-11-31(29)26-33/h1-28H. The van der Waals surface area contributed by atoms with E-state index in [2.05, 4.69) is 173 Å². The van der Waals surface area contributed by atoms with Crippen LogP contribution in [0.15, 0.2) is 170 Å². The molecule has 10 aromatic rings. The molecule has 4 heteroatoms. The van der Waals surface area contributed by atoms with Gasteiger partial charge < -0.3 is 9.13 Å². The second-order valence-corrected chi connectivity index (χ2v) is 12.3. The molecule has 3 aromatic heterocycles. The number of rotatable bonds is 4. The second-order valence-electron chi connectivity index (χ2n) is 12.3. The van der Waals surface area contributed by atoms with Gasteiger partial charge in [0.1, 0.15) is 0 Å². The summed E-state index contributed by atoms with van der Waals surface area (Å²) < 4.78 is 4.64. The van der Waals surface area contributed by atoms with Crippen LogP contribution in [0.4, 0.5) is 0 Å². The minimum Gasteiger partial charge on any atom is -0.317 e. The van der Waals surface area contributed by atoms with Gasteiger partial charge >= 0.3 is 0 Å². The molecule has 0 aliphatic carbocycles. The van der Waals surface area contributed by atoms with Gasteiger partial charge in [-0.3, -0.25) is 0 Å². The summed E-state index contributed by atoms with van der Waals surface area (Å²) in [5.41, 5.74) is 9.76. The molecular weight excluding hydrogens is 585 g/mol. The fraction of sp³-hybridized carbons (Fsp3) is 0. The van der Waals surface area contributed by atoms with Crippen molar-refractivity contribution in [2.75, 3.05) is 0 Å². The topological polar surface area (TPSA) is 35.6 Å². The summed E-state index contributed by atoms with van der Waals surface area (Å²) in [6, 6.07) is 58.0. The number of benzene rings is 7. The Balaban J connectivity index is 1.11. The van der Waals surface area contributed by atoms with E-state index in [0.717, 1.165) is 44.9 Å². The Kier molecular flexibility index (Phi) is 5.84. The molecule has 0 N–H and O–H groups in total. The lowest BCUT2D eigenvalue weighted by Crippen LogP contribution is -1.97. The van der Waals surface area contributed by atoms with Crippen molar-refractivity contribution < 1.29 is 0 Å². The lowest BCUT2D eigenvalue weighted by molar-refractivity contribution is 1.13. The third-order valence-electron chi connectivity index (χ3n) is 9.53. The van der Waals surface area contributed by atoms with E-state index in [1.807, 2.05) is 6.07 Å². The Hall–Kier alpha value is -6.52. The Morgan fingerprint density at radius 3 is 2.00 bits per heavy atom. The van der Waals surface area contributed by atoms with Gasteiger partial charge in [0, 0.05) is 50.2 Å². The predicted molar refractivity (Wildman–Crippen MR) is 199 cm³/mol. The van der Waals surface area contributed by atoms with Crippen molar-refractivity contribution in [1.29, 1.82) is 0 Å². The van der Waals surface area contributed by atoms with Crippen LogP contribution in [0.3, 0.4) is 0 Å². The Bertz CT molecular complexity index is 2820. The maximum Gasteiger partial charge on any atom is 0.160 e. The summed E-state index contributed by atoms with van der Waals surface area (Å²) in [5, 5.41) is 7.13. The molecule has 0 fully saturated rings. The maximum atomic E-state index is 5.18. The van der Waals surface area contributed by atoms with Gasteiger partial charge in [-0.05, 0) is 83.6 Å². The number of hydrogen-bond donors (Lipinski definition) is 0. The molecule has 0 atom stereocenters. The first-order valence-corrected chi connectivity index (χ1v) is 16.2. The molecule has 0 spiro atoms. The van der Waals surface area contributed by atoms with Crippen molar-refractivity contribution in [1.82, 2.24) is 19.1 Å². The largest absolute Gasteiger partial charge is 0.317 e. The van der Waals surface area contributed by atoms with E-state index in [9.17, 15) is 0 Å². The monoisotopic (exact) mass is 612 g/mol. The molecule has 224 valence electrons. The van der Waals surface area contributed by atoms with E-state index in [-0.39, 0.29) is 0 Å². The molecular formula is C44H28N4. The molecule has 0 radical (unpaired) electrons.